The number of carbonyl (C=O) groups is 4. The molecule has 5 atom stereocenters. The first-order valence-electron chi connectivity index (χ1n) is 38.6. The molecule has 0 heterocycles. The van der Waals surface area contributed by atoms with Crippen LogP contribution in [0.1, 0.15) is 388 Å². The minimum atomic E-state index is -4.95. The van der Waals surface area contributed by atoms with Crippen LogP contribution in [0.4, 0.5) is 0 Å². The lowest BCUT2D eigenvalue weighted by molar-refractivity contribution is -0.161. The maximum atomic E-state index is 13.1. The van der Waals surface area contributed by atoms with E-state index in [0.29, 0.717) is 25.7 Å². The molecular formula is C74H144O17P2. The molecule has 0 saturated heterocycles. The summed E-state index contributed by atoms with van der Waals surface area (Å²) in [6, 6.07) is 0. The molecule has 0 saturated carbocycles. The lowest BCUT2D eigenvalue weighted by Gasteiger charge is -2.21. The molecule has 0 aliphatic carbocycles. The number of unbranched alkanes of at least 4 members (excludes halogenated alkanes) is 46. The van der Waals surface area contributed by atoms with Crippen LogP contribution in [0.15, 0.2) is 0 Å². The zero-order valence-electron chi connectivity index (χ0n) is 60.4. The lowest BCUT2D eigenvalue weighted by atomic mass is 10.0. The third kappa shape index (κ3) is 68.4. The van der Waals surface area contributed by atoms with Gasteiger partial charge < -0.3 is 33.8 Å². The fourth-order valence-electron chi connectivity index (χ4n) is 11.4. The Morgan fingerprint density at radius 2 is 0.495 bits per heavy atom. The summed E-state index contributed by atoms with van der Waals surface area (Å²) in [6.45, 7) is 7.24. The number of aliphatic hydroxyl groups excluding tert-OH is 1. The highest BCUT2D eigenvalue weighted by atomic mass is 31.2. The van der Waals surface area contributed by atoms with Crippen LogP contribution < -0.4 is 0 Å². The molecule has 0 rings (SSSR count). The molecule has 0 aromatic heterocycles. The summed E-state index contributed by atoms with van der Waals surface area (Å²) in [5.41, 5.74) is 0. The van der Waals surface area contributed by atoms with Crippen LogP contribution in [0.5, 0.6) is 0 Å². The molecule has 552 valence electrons. The van der Waals surface area contributed by atoms with E-state index in [0.717, 1.165) is 95.8 Å². The van der Waals surface area contributed by atoms with Gasteiger partial charge in [-0.3, -0.25) is 37.3 Å². The van der Waals surface area contributed by atoms with Gasteiger partial charge in [-0.1, -0.05) is 336 Å². The van der Waals surface area contributed by atoms with Gasteiger partial charge in [-0.05, 0) is 31.6 Å². The van der Waals surface area contributed by atoms with E-state index in [-0.39, 0.29) is 25.7 Å². The second-order valence-electron chi connectivity index (χ2n) is 27.2. The Morgan fingerprint density at radius 1 is 0.290 bits per heavy atom. The molecule has 0 aromatic rings. The van der Waals surface area contributed by atoms with E-state index in [1.807, 2.05) is 0 Å². The van der Waals surface area contributed by atoms with Crippen molar-refractivity contribution in [3.05, 3.63) is 0 Å². The maximum Gasteiger partial charge on any atom is 0.472 e. The van der Waals surface area contributed by atoms with Gasteiger partial charge in [0.25, 0.3) is 0 Å². The van der Waals surface area contributed by atoms with Crippen molar-refractivity contribution in [2.45, 2.75) is 406 Å². The smallest absolute Gasteiger partial charge is 0.462 e. The number of phosphoric ester groups is 2. The lowest BCUT2D eigenvalue weighted by Crippen LogP contribution is -2.30. The quantitative estimate of drug-likeness (QED) is 0.0222. The van der Waals surface area contributed by atoms with Crippen LogP contribution in [0.25, 0.3) is 0 Å². The van der Waals surface area contributed by atoms with Crippen molar-refractivity contribution in [3.63, 3.8) is 0 Å². The second-order valence-corrected chi connectivity index (χ2v) is 30.1. The Balaban J connectivity index is 5.21. The molecule has 0 amide bonds. The van der Waals surface area contributed by atoms with Gasteiger partial charge in [0.1, 0.15) is 19.3 Å². The zero-order chi connectivity index (χ0) is 68.4. The highest BCUT2D eigenvalue weighted by Crippen LogP contribution is 2.45. The predicted molar refractivity (Wildman–Crippen MR) is 377 cm³/mol. The fourth-order valence-corrected chi connectivity index (χ4v) is 12.9. The minimum absolute atomic E-state index is 0.106. The highest BCUT2D eigenvalue weighted by Gasteiger charge is 2.30. The Labute approximate surface area is 568 Å². The topological polar surface area (TPSA) is 237 Å². The van der Waals surface area contributed by atoms with E-state index in [2.05, 4.69) is 34.6 Å². The Hall–Kier alpha value is -1.94. The van der Waals surface area contributed by atoms with E-state index < -0.39 is 97.5 Å². The van der Waals surface area contributed by atoms with Gasteiger partial charge in [0, 0.05) is 25.7 Å². The number of ether oxygens (including phenoxy) is 4. The van der Waals surface area contributed by atoms with Gasteiger partial charge in [0.2, 0.25) is 0 Å². The van der Waals surface area contributed by atoms with Crippen LogP contribution in [0.2, 0.25) is 0 Å². The van der Waals surface area contributed by atoms with Crippen LogP contribution in [0, 0.1) is 5.92 Å². The third-order valence-electron chi connectivity index (χ3n) is 17.3. The number of phosphoric acid groups is 2. The monoisotopic (exact) mass is 1370 g/mol. The number of hydrogen-bond donors (Lipinski definition) is 3. The van der Waals surface area contributed by atoms with E-state index in [1.54, 1.807) is 0 Å². The largest absolute Gasteiger partial charge is 0.472 e. The first kappa shape index (κ1) is 91.1. The molecule has 0 spiro atoms. The van der Waals surface area contributed by atoms with E-state index in [9.17, 15) is 43.2 Å². The Morgan fingerprint density at radius 3 is 0.731 bits per heavy atom. The molecule has 0 bridgehead atoms. The van der Waals surface area contributed by atoms with Crippen molar-refractivity contribution >= 4 is 39.5 Å². The molecule has 17 nitrogen and oxygen atoms in total. The average Bonchev–Trinajstić information content (AvgIpc) is 1.87. The normalized spacial score (nSPS) is 14.0. The molecule has 0 radical (unpaired) electrons. The van der Waals surface area contributed by atoms with Gasteiger partial charge in [-0.25, -0.2) is 9.13 Å². The molecule has 3 N–H and O–H groups in total. The van der Waals surface area contributed by atoms with Crippen LogP contribution in [-0.2, 0) is 65.4 Å². The Bertz CT molecular complexity index is 1790. The summed E-state index contributed by atoms with van der Waals surface area (Å²) in [5, 5.41) is 10.6. The van der Waals surface area contributed by atoms with E-state index in [4.69, 9.17) is 37.0 Å². The summed E-state index contributed by atoms with van der Waals surface area (Å²) < 4.78 is 68.4. The van der Waals surface area contributed by atoms with Gasteiger partial charge in [0.15, 0.2) is 12.2 Å². The standard InChI is InChI=1S/C74H144O17P2/c1-6-9-12-15-18-21-23-25-26-27-28-29-30-32-34-39-44-49-54-59-73(78)90-70(64-85-72(77)58-53-48-43-38-33-31-24-22-19-16-13-10-7-2)66-89-93(82,83)87-62-68(75)61-86-92(80,81)88-65-69(63-84-71(76)57-52-47-42-36-20-17-14-11-8-3)91-74(79)60-55-50-45-40-35-37-41-46-51-56-67(4)5/h67-70,75H,6-66H2,1-5H3,(H,80,81)(H,82,83)/t68-,69+,70+/m0/s1. The van der Waals surface area contributed by atoms with Crippen molar-refractivity contribution in [2.75, 3.05) is 39.6 Å². The summed E-state index contributed by atoms with van der Waals surface area (Å²) in [6.07, 6.45) is 55.5. The van der Waals surface area contributed by atoms with Crippen molar-refractivity contribution in [2.24, 2.45) is 5.92 Å². The van der Waals surface area contributed by atoms with Crippen LogP contribution in [0.3, 0.4) is 0 Å². The molecule has 93 heavy (non-hydrogen) atoms. The van der Waals surface area contributed by atoms with Gasteiger partial charge >= 0.3 is 39.5 Å². The van der Waals surface area contributed by atoms with E-state index >= 15 is 0 Å². The number of hydrogen-bond acceptors (Lipinski definition) is 15. The molecule has 0 fully saturated rings. The van der Waals surface area contributed by atoms with Crippen LogP contribution >= 0.6 is 15.6 Å². The molecule has 19 heteroatoms. The van der Waals surface area contributed by atoms with Crippen LogP contribution in [-0.4, -0.2) is 96.7 Å². The summed E-state index contributed by atoms with van der Waals surface area (Å²) in [7, 11) is -9.90. The summed E-state index contributed by atoms with van der Waals surface area (Å²) in [4.78, 5) is 72.7. The molecule has 0 aromatic carbocycles. The minimum Gasteiger partial charge on any atom is -0.462 e. The van der Waals surface area contributed by atoms with Crippen molar-refractivity contribution < 1.29 is 80.2 Å². The highest BCUT2D eigenvalue weighted by molar-refractivity contribution is 7.47. The molecule has 0 aliphatic rings. The number of esters is 4. The summed E-state index contributed by atoms with van der Waals surface area (Å²) >= 11 is 0. The van der Waals surface area contributed by atoms with Gasteiger partial charge in [-0.15, -0.1) is 0 Å². The average molecular weight is 1370 g/mol. The first-order chi connectivity index (χ1) is 45.0. The van der Waals surface area contributed by atoms with Crippen molar-refractivity contribution in [1.29, 1.82) is 0 Å². The summed E-state index contributed by atoms with van der Waals surface area (Å²) in [5.74, 6) is -1.38. The fraction of sp³-hybridized carbons (Fsp3) is 0.946. The van der Waals surface area contributed by atoms with Crippen molar-refractivity contribution in [1.82, 2.24) is 0 Å². The SMILES string of the molecule is CCCCCCCCCCCCCCCCCCCCCC(=O)O[C@H](COC(=O)CCCCCCCCCCCCCCC)COP(=O)(O)OC[C@@H](O)COP(=O)(O)OC[C@@H](COC(=O)CCCCCCCCCCC)OC(=O)CCCCCCCCCCCC(C)C. The predicted octanol–water partition coefficient (Wildman–Crippen LogP) is 21.7. The van der Waals surface area contributed by atoms with Gasteiger partial charge in [0.05, 0.1) is 26.4 Å². The number of aliphatic hydroxyl groups is 1. The third-order valence-corrected chi connectivity index (χ3v) is 19.2. The van der Waals surface area contributed by atoms with E-state index in [1.165, 1.54) is 212 Å². The van der Waals surface area contributed by atoms with Gasteiger partial charge in [-0.2, -0.15) is 0 Å². The second kappa shape index (κ2) is 67.3. The Kier molecular flexibility index (Phi) is 65.9. The number of carbonyl (C=O) groups excluding carboxylic acids is 4. The molecule has 2 unspecified atom stereocenters. The molecular weight excluding hydrogens is 1220 g/mol. The number of rotatable bonds is 74. The zero-order valence-corrected chi connectivity index (χ0v) is 62.2. The first-order valence-corrected chi connectivity index (χ1v) is 41.6. The van der Waals surface area contributed by atoms with Crippen molar-refractivity contribution in [3.8, 4) is 0 Å². The molecule has 0 aliphatic heterocycles. The maximum absolute atomic E-state index is 13.1.